The molecule has 0 fully saturated rings. The van der Waals surface area contributed by atoms with E-state index < -0.39 is 6.09 Å². The molecule has 0 bridgehead atoms. The van der Waals surface area contributed by atoms with Crippen LogP contribution in [0.1, 0.15) is 34.9 Å². The molecule has 32 heavy (non-hydrogen) atoms. The maximum Gasteiger partial charge on any atom is 0.407 e. The number of carbonyl (C=O) groups excluding carboxylic acids is 1. The number of aryl methyl sites for hydroxylation is 1. The van der Waals surface area contributed by atoms with Gasteiger partial charge in [-0.05, 0) is 40.5 Å². The number of ether oxygens (including phenoxy) is 1. The summed E-state index contributed by atoms with van der Waals surface area (Å²) in [5.74, 6) is 6.86. The molecule has 1 aromatic heterocycles. The van der Waals surface area contributed by atoms with Gasteiger partial charge >= 0.3 is 6.09 Å². The summed E-state index contributed by atoms with van der Waals surface area (Å²) in [5.41, 5.74) is 7.25. The van der Waals surface area contributed by atoms with Gasteiger partial charge in [-0.15, -0.1) is 0 Å². The summed E-state index contributed by atoms with van der Waals surface area (Å²) < 4.78 is 11.0. The number of carbonyl (C=O) groups is 1. The van der Waals surface area contributed by atoms with Crippen LogP contribution in [-0.4, -0.2) is 24.2 Å². The fraction of sp³-hybridized carbons (Fsp3) is 0.185. The van der Waals surface area contributed by atoms with Gasteiger partial charge in [0.05, 0.1) is 0 Å². The summed E-state index contributed by atoms with van der Waals surface area (Å²) in [5, 5.41) is 2.78. The van der Waals surface area contributed by atoms with Crippen molar-refractivity contribution >= 4 is 17.2 Å². The van der Waals surface area contributed by atoms with Crippen LogP contribution in [0.15, 0.2) is 71.1 Å². The van der Waals surface area contributed by atoms with Gasteiger partial charge in [0.15, 0.2) is 11.5 Å². The van der Waals surface area contributed by atoms with Crippen molar-refractivity contribution in [1.29, 1.82) is 0 Å². The summed E-state index contributed by atoms with van der Waals surface area (Å²) in [7, 11) is 0. The third kappa shape index (κ3) is 3.95. The second-order valence-electron chi connectivity index (χ2n) is 7.72. The summed E-state index contributed by atoms with van der Waals surface area (Å²) in [6, 6.07) is 22.3. The molecular formula is C27H22N2O3. The van der Waals surface area contributed by atoms with Gasteiger partial charge in [0, 0.05) is 31.4 Å². The maximum absolute atomic E-state index is 12.2. The summed E-state index contributed by atoms with van der Waals surface area (Å²) >= 11 is 0. The normalized spacial score (nSPS) is 12.0. The van der Waals surface area contributed by atoms with Crippen LogP contribution in [0, 0.1) is 18.8 Å². The van der Waals surface area contributed by atoms with Crippen molar-refractivity contribution in [3.63, 3.8) is 0 Å². The third-order valence-corrected chi connectivity index (χ3v) is 5.59. The highest BCUT2D eigenvalue weighted by atomic mass is 16.5. The second kappa shape index (κ2) is 8.60. The topological polar surface area (TPSA) is 64.4 Å². The fourth-order valence-corrected chi connectivity index (χ4v) is 4.16. The Labute approximate surface area is 186 Å². The van der Waals surface area contributed by atoms with E-state index in [2.05, 4.69) is 46.4 Å². The number of fused-ring (bicyclic) bond motifs is 4. The molecule has 0 saturated carbocycles. The summed E-state index contributed by atoms with van der Waals surface area (Å²) in [6.07, 6.45) is 0.105. The molecule has 4 aromatic rings. The van der Waals surface area contributed by atoms with E-state index in [1.807, 2.05) is 49.4 Å². The molecule has 1 amide bonds. The molecule has 158 valence electrons. The zero-order valence-corrected chi connectivity index (χ0v) is 17.7. The van der Waals surface area contributed by atoms with Crippen molar-refractivity contribution in [3.05, 3.63) is 89.3 Å². The maximum atomic E-state index is 12.2. The van der Waals surface area contributed by atoms with Crippen LogP contribution in [0.3, 0.4) is 0 Å². The van der Waals surface area contributed by atoms with Gasteiger partial charge in [-0.1, -0.05) is 60.4 Å². The van der Waals surface area contributed by atoms with E-state index in [1.54, 1.807) is 0 Å². The number of hydrogen-bond acceptors (Lipinski definition) is 4. The monoisotopic (exact) mass is 422 g/mol. The highest BCUT2D eigenvalue weighted by Crippen LogP contribution is 2.44. The zero-order valence-electron chi connectivity index (χ0n) is 17.7. The smallest absolute Gasteiger partial charge is 0.407 e. The Morgan fingerprint density at radius 3 is 2.53 bits per heavy atom. The first-order chi connectivity index (χ1) is 15.7. The molecule has 5 rings (SSSR count). The first kappa shape index (κ1) is 19.9. The molecule has 0 atom stereocenters. The standard InChI is InChI=1S/C27H22N2O3/c1-18-29-25-16-19(13-14-26(25)32-18)8-6-7-15-28-27(30)31-17-24-22-11-4-2-9-20(22)21-10-3-5-12-23(21)24/h2-5,9-14,16,24H,7,15,17H2,1H3,(H,28,30). The second-order valence-corrected chi connectivity index (χ2v) is 7.72. The van der Waals surface area contributed by atoms with E-state index in [-0.39, 0.29) is 5.92 Å². The van der Waals surface area contributed by atoms with Crippen LogP contribution in [0.4, 0.5) is 4.79 Å². The van der Waals surface area contributed by atoms with Crippen molar-refractivity contribution in [2.45, 2.75) is 19.3 Å². The van der Waals surface area contributed by atoms with Crippen molar-refractivity contribution in [2.75, 3.05) is 13.2 Å². The first-order valence-electron chi connectivity index (χ1n) is 10.6. The molecule has 5 nitrogen and oxygen atoms in total. The predicted octanol–water partition coefficient (Wildman–Crippen LogP) is 5.42. The van der Waals surface area contributed by atoms with E-state index in [0.29, 0.717) is 25.5 Å². The van der Waals surface area contributed by atoms with E-state index in [4.69, 9.17) is 9.15 Å². The molecular weight excluding hydrogens is 400 g/mol. The minimum atomic E-state index is -0.423. The van der Waals surface area contributed by atoms with Gasteiger partial charge in [-0.2, -0.15) is 0 Å². The fourth-order valence-electron chi connectivity index (χ4n) is 4.16. The van der Waals surface area contributed by atoms with Crippen molar-refractivity contribution in [3.8, 4) is 23.0 Å². The van der Waals surface area contributed by atoms with Crippen LogP contribution >= 0.6 is 0 Å². The number of hydrogen-bond donors (Lipinski definition) is 1. The van der Waals surface area contributed by atoms with Gasteiger partial charge in [0.2, 0.25) is 0 Å². The lowest BCUT2D eigenvalue weighted by atomic mass is 9.98. The number of alkyl carbamates (subject to hydrolysis) is 1. The van der Waals surface area contributed by atoms with Crippen LogP contribution in [-0.2, 0) is 4.74 Å². The van der Waals surface area contributed by atoms with Gasteiger partial charge in [-0.3, -0.25) is 0 Å². The van der Waals surface area contributed by atoms with Gasteiger partial charge in [-0.25, -0.2) is 9.78 Å². The Bertz CT molecular complexity index is 1310. The first-order valence-corrected chi connectivity index (χ1v) is 10.6. The average Bonchev–Trinajstić information content (AvgIpc) is 3.34. The summed E-state index contributed by atoms with van der Waals surface area (Å²) in [6.45, 7) is 2.55. The molecule has 0 spiro atoms. The highest BCUT2D eigenvalue weighted by molar-refractivity contribution is 5.79. The highest BCUT2D eigenvalue weighted by Gasteiger charge is 2.28. The molecule has 1 aliphatic carbocycles. The minimum Gasteiger partial charge on any atom is -0.449 e. The Kier molecular flexibility index (Phi) is 5.35. The molecule has 1 aliphatic rings. The Balaban J connectivity index is 1.13. The zero-order chi connectivity index (χ0) is 21.9. The van der Waals surface area contributed by atoms with Crippen LogP contribution in [0.2, 0.25) is 0 Å². The van der Waals surface area contributed by atoms with Gasteiger partial charge in [0.25, 0.3) is 0 Å². The average molecular weight is 422 g/mol. The molecule has 0 saturated heterocycles. The lowest BCUT2D eigenvalue weighted by Crippen LogP contribution is -2.26. The Hall–Kier alpha value is -4.04. The molecule has 3 aromatic carbocycles. The number of nitrogens with zero attached hydrogens (tertiary/aromatic N) is 1. The predicted molar refractivity (Wildman–Crippen MR) is 123 cm³/mol. The molecule has 0 aliphatic heterocycles. The number of nitrogens with one attached hydrogen (secondary N) is 1. The van der Waals surface area contributed by atoms with Gasteiger partial charge < -0.3 is 14.5 Å². The molecule has 1 heterocycles. The van der Waals surface area contributed by atoms with E-state index in [1.165, 1.54) is 22.3 Å². The lowest BCUT2D eigenvalue weighted by molar-refractivity contribution is 0.143. The SMILES string of the molecule is Cc1nc2cc(C#CCCNC(=O)OCC3c4ccccc4-c4ccccc43)ccc2o1. The number of amides is 1. The van der Waals surface area contributed by atoms with E-state index in [0.717, 1.165) is 16.7 Å². The Morgan fingerprint density at radius 1 is 1.06 bits per heavy atom. The van der Waals surface area contributed by atoms with Crippen molar-refractivity contribution < 1.29 is 13.9 Å². The van der Waals surface area contributed by atoms with Crippen LogP contribution in [0.25, 0.3) is 22.2 Å². The van der Waals surface area contributed by atoms with Crippen molar-refractivity contribution in [2.24, 2.45) is 0 Å². The van der Waals surface area contributed by atoms with E-state index >= 15 is 0 Å². The van der Waals surface area contributed by atoms with Crippen LogP contribution < -0.4 is 5.32 Å². The minimum absolute atomic E-state index is 0.0584. The lowest BCUT2D eigenvalue weighted by Gasteiger charge is -2.14. The quantitative estimate of drug-likeness (QED) is 0.352. The number of rotatable bonds is 4. The number of benzene rings is 3. The van der Waals surface area contributed by atoms with Gasteiger partial charge in [0.1, 0.15) is 12.1 Å². The molecule has 5 heteroatoms. The number of aromatic nitrogens is 1. The Morgan fingerprint density at radius 2 is 1.78 bits per heavy atom. The van der Waals surface area contributed by atoms with Crippen molar-refractivity contribution in [1.82, 2.24) is 10.3 Å². The molecule has 0 unspecified atom stereocenters. The third-order valence-electron chi connectivity index (χ3n) is 5.59. The molecule has 1 N–H and O–H groups in total. The van der Waals surface area contributed by atoms with Crippen LogP contribution in [0.5, 0.6) is 0 Å². The number of oxazole rings is 1. The summed E-state index contributed by atoms with van der Waals surface area (Å²) in [4.78, 5) is 16.5. The largest absolute Gasteiger partial charge is 0.449 e. The van der Waals surface area contributed by atoms with E-state index in [9.17, 15) is 4.79 Å². The molecule has 0 radical (unpaired) electrons.